The predicted octanol–water partition coefficient (Wildman–Crippen LogP) is 3.78. The van der Waals surface area contributed by atoms with E-state index in [-0.39, 0.29) is 65.2 Å². The van der Waals surface area contributed by atoms with Gasteiger partial charge >= 0.3 is 0 Å². The first-order valence-corrected chi connectivity index (χ1v) is 14.4. The molecule has 3 heterocycles. The molecule has 0 saturated heterocycles. The van der Waals surface area contributed by atoms with Gasteiger partial charge in [-0.05, 0) is 68.4 Å². The lowest BCUT2D eigenvalue weighted by molar-refractivity contribution is -0.119. The molecule has 11 nitrogen and oxygen atoms in total. The maximum Gasteiger partial charge on any atom is 0.270 e. The van der Waals surface area contributed by atoms with Gasteiger partial charge in [0.1, 0.15) is 22.6 Å². The van der Waals surface area contributed by atoms with E-state index in [1.54, 1.807) is 6.92 Å². The van der Waals surface area contributed by atoms with Gasteiger partial charge in [-0.15, -0.1) is 5.10 Å². The standard InChI is InChI=1S/C27H30ClF3N8O3/c1-13(17-8-20(28)35-36-24(17)40)38-12-18(23(29)37-38)33-26(42)22(21(15-2-3-15)16-4-5-16)34-25(41)19-6-7-32-39(19)11-14-9-27(30,31)10-14/h6-8,12-16,21-22H,2-5,9-11H2,1H3,(H,33,42)(H,34,41)(H,36,40)/t13-,22-/m0/s1. The number of hydrogen-bond donors (Lipinski definition) is 3. The summed E-state index contributed by atoms with van der Waals surface area (Å²) < 4.78 is 44.3. The van der Waals surface area contributed by atoms with Gasteiger partial charge in [0.05, 0.1) is 12.2 Å². The Hall–Kier alpha value is -3.68. The molecule has 3 aliphatic rings. The Balaban J connectivity index is 1.21. The average molecular weight is 607 g/mol. The molecule has 0 aliphatic heterocycles. The van der Waals surface area contributed by atoms with Crippen molar-refractivity contribution in [2.75, 3.05) is 5.32 Å². The minimum Gasteiger partial charge on any atom is -0.339 e. The van der Waals surface area contributed by atoms with Crippen LogP contribution in [0.3, 0.4) is 0 Å². The predicted molar refractivity (Wildman–Crippen MR) is 145 cm³/mol. The number of halogens is 4. The molecule has 3 N–H and O–H groups in total. The van der Waals surface area contributed by atoms with E-state index in [1.165, 1.54) is 33.9 Å². The zero-order valence-corrected chi connectivity index (χ0v) is 23.5. The molecular weight excluding hydrogens is 577 g/mol. The van der Waals surface area contributed by atoms with Crippen molar-refractivity contribution >= 4 is 29.1 Å². The molecule has 42 heavy (non-hydrogen) atoms. The zero-order chi connectivity index (χ0) is 29.8. The number of alkyl halides is 2. The molecular formula is C27H30ClF3N8O3. The molecule has 3 aliphatic carbocycles. The number of nitrogens with one attached hydrogen (secondary N) is 3. The van der Waals surface area contributed by atoms with Gasteiger partial charge < -0.3 is 10.6 Å². The molecule has 3 fully saturated rings. The highest BCUT2D eigenvalue weighted by atomic mass is 35.5. The fourth-order valence-electron chi connectivity index (χ4n) is 5.98. The summed E-state index contributed by atoms with van der Waals surface area (Å²) in [5, 5.41) is 19.4. The Morgan fingerprint density at radius 1 is 1.21 bits per heavy atom. The van der Waals surface area contributed by atoms with Crippen molar-refractivity contribution in [3.63, 3.8) is 0 Å². The van der Waals surface area contributed by atoms with Gasteiger partial charge in [-0.1, -0.05) is 11.6 Å². The molecule has 2 atom stereocenters. The van der Waals surface area contributed by atoms with Crippen LogP contribution in [0.1, 0.15) is 67.5 Å². The van der Waals surface area contributed by atoms with E-state index in [9.17, 15) is 27.6 Å². The number of carbonyl (C=O) groups excluding carboxylic acids is 2. The molecule has 2 amide bonds. The van der Waals surface area contributed by atoms with Crippen molar-refractivity contribution < 1.29 is 22.8 Å². The minimum atomic E-state index is -2.69. The van der Waals surface area contributed by atoms with Crippen LogP contribution in [0.2, 0.25) is 5.15 Å². The quantitative estimate of drug-likeness (QED) is 0.304. The summed E-state index contributed by atoms with van der Waals surface area (Å²) in [7, 11) is 0. The van der Waals surface area contributed by atoms with E-state index in [2.05, 4.69) is 31.0 Å². The van der Waals surface area contributed by atoms with Crippen LogP contribution in [0.25, 0.3) is 0 Å². The van der Waals surface area contributed by atoms with Gasteiger partial charge in [0.15, 0.2) is 0 Å². The number of hydrogen-bond acceptors (Lipinski definition) is 6. The average Bonchev–Trinajstić information content (AvgIpc) is 3.85. The summed E-state index contributed by atoms with van der Waals surface area (Å²) in [6, 6.07) is 1.15. The van der Waals surface area contributed by atoms with Crippen LogP contribution in [0.4, 0.5) is 18.9 Å². The van der Waals surface area contributed by atoms with Crippen molar-refractivity contribution in [1.29, 1.82) is 0 Å². The number of aromatic nitrogens is 6. The van der Waals surface area contributed by atoms with Crippen LogP contribution in [0.5, 0.6) is 0 Å². The van der Waals surface area contributed by atoms with Gasteiger partial charge in [0, 0.05) is 31.1 Å². The van der Waals surface area contributed by atoms with E-state index in [0.29, 0.717) is 0 Å². The first-order chi connectivity index (χ1) is 20.0. The van der Waals surface area contributed by atoms with Crippen LogP contribution >= 0.6 is 11.6 Å². The van der Waals surface area contributed by atoms with E-state index >= 15 is 0 Å². The third-order valence-electron chi connectivity index (χ3n) is 8.43. The normalized spacial score (nSPS) is 19.8. The minimum absolute atomic E-state index is 0.0503. The van der Waals surface area contributed by atoms with E-state index in [1.807, 2.05) is 0 Å². The number of nitrogens with zero attached hydrogens (tertiary/aromatic N) is 5. The second-order valence-electron chi connectivity index (χ2n) is 11.7. The second-order valence-corrected chi connectivity index (χ2v) is 12.1. The Bertz CT molecular complexity index is 1540. The molecule has 3 aromatic heterocycles. The van der Waals surface area contributed by atoms with Gasteiger partial charge in [-0.25, -0.2) is 13.9 Å². The maximum absolute atomic E-state index is 15.0. The van der Waals surface area contributed by atoms with E-state index in [0.717, 1.165) is 25.7 Å². The lowest BCUT2D eigenvalue weighted by atomic mass is 9.81. The Morgan fingerprint density at radius 3 is 2.55 bits per heavy atom. The van der Waals surface area contributed by atoms with Crippen molar-refractivity contribution in [1.82, 2.24) is 35.1 Å². The summed E-state index contributed by atoms with van der Waals surface area (Å²) in [6.45, 7) is 1.79. The largest absolute Gasteiger partial charge is 0.339 e. The summed E-state index contributed by atoms with van der Waals surface area (Å²) >= 11 is 5.90. The van der Waals surface area contributed by atoms with Crippen LogP contribution in [0.15, 0.2) is 29.3 Å². The topological polar surface area (TPSA) is 140 Å². The molecule has 6 rings (SSSR count). The molecule has 0 bridgehead atoms. The molecule has 0 unspecified atom stereocenters. The highest BCUT2D eigenvalue weighted by Gasteiger charge is 2.49. The molecule has 15 heteroatoms. The summed E-state index contributed by atoms with van der Waals surface area (Å²) in [6.07, 6.45) is 5.91. The third-order valence-corrected chi connectivity index (χ3v) is 8.63. The van der Waals surface area contributed by atoms with Crippen molar-refractivity contribution in [3.05, 3.63) is 57.2 Å². The summed E-state index contributed by atoms with van der Waals surface area (Å²) in [4.78, 5) is 39.4. The van der Waals surface area contributed by atoms with Gasteiger partial charge in [-0.3, -0.25) is 23.7 Å². The number of rotatable bonds is 11. The smallest absolute Gasteiger partial charge is 0.270 e. The van der Waals surface area contributed by atoms with Crippen molar-refractivity contribution in [2.45, 2.75) is 70.0 Å². The van der Waals surface area contributed by atoms with Crippen LogP contribution in [-0.2, 0) is 11.3 Å². The molecule has 0 radical (unpaired) electrons. The zero-order valence-electron chi connectivity index (χ0n) is 22.7. The van der Waals surface area contributed by atoms with Gasteiger partial charge in [-0.2, -0.15) is 14.6 Å². The highest BCUT2D eigenvalue weighted by molar-refractivity contribution is 6.29. The molecule has 224 valence electrons. The van der Waals surface area contributed by atoms with E-state index < -0.39 is 41.3 Å². The monoisotopic (exact) mass is 606 g/mol. The van der Waals surface area contributed by atoms with Gasteiger partial charge in [0.2, 0.25) is 11.8 Å². The highest BCUT2D eigenvalue weighted by Crippen LogP contribution is 2.51. The first kappa shape index (κ1) is 28.4. The first-order valence-electron chi connectivity index (χ1n) is 14.0. The van der Waals surface area contributed by atoms with Crippen LogP contribution in [-0.4, -0.2) is 53.5 Å². The number of anilines is 1. The molecule has 0 spiro atoms. The van der Waals surface area contributed by atoms with E-state index in [4.69, 9.17) is 11.6 Å². The van der Waals surface area contributed by atoms with Gasteiger partial charge in [0.25, 0.3) is 17.4 Å². The Morgan fingerprint density at radius 2 is 1.90 bits per heavy atom. The third kappa shape index (κ3) is 5.94. The van der Waals surface area contributed by atoms with Crippen molar-refractivity contribution in [3.8, 4) is 0 Å². The van der Waals surface area contributed by atoms with Crippen LogP contribution < -0.4 is 16.2 Å². The summed E-state index contributed by atoms with van der Waals surface area (Å²) in [5.74, 6) is -4.70. The SMILES string of the molecule is C[C@@H](c1cc(Cl)n[nH]c1=O)n1cc(NC(=O)[C@@H](NC(=O)c2ccnn2CC2CC(F)(F)C2)C(C2CC2)C2CC2)c(F)n1. The molecule has 3 saturated carbocycles. The number of amides is 2. The maximum atomic E-state index is 15.0. The summed E-state index contributed by atoms with van der Waals surface area (Å²) in [5.41, 5.74) is -0.352. The van der Waals surface area contributed by atoms with Crippen molar-refractivity contribution in [2.24, 2.45) is 23.7 Å². The fraction of sp³-hybridized carbons (Fsp3) is 0.556. The Labute approximate surface area is 243 Å². The Kier molecular flexibility index (Phi) is 7.36. The molecule has 3 aromatic rings. The molecule has 0 aromatic carbocycles. The number of carbonyl (C=O) groups is 2. The van der Waals surface area contributed by atoms with Crippen LogP contribution in [0, 0.1) is 29.6 Å². The lowest BCUT2D eigenvalue weighted by Gasteiger charge is -2.35. The fourth-order valence-corrected chi connectivity index (χ4v) is 6.14. The number of aromatic amines is 1. The second kappa shape index (κ2) is 10.9. The number of H-pyrrole nitrogens is 1. The lowest BCUT2D eigenvalue weighted by Crippen LogP contribution is -2.50.